The van der Waals surface area contributed by atoms with E-state index in [2.05, 4.69) is 9.98 Å². The van der Waals surface area contributed by atoms with Crippen molar-refractivity contribution < 1.29 is 0 Å². The first-order valence-electron chi connectivity index (χ1n) is 3.86. The van der Waals surface area contributed by atoms with Gasteiger partial charge in [-0.25, -0.2) is 4.98 Å². The lowest BCUT2D eigenvalue weighted by molar-refractivity contribution is 1.22. The molecule has 0 N–H and O–H groups in total. The fourth-order valence-corrected chi connectivity index (χ4v) is 1.53. The highest BCUT2D eigenvalue weighted by Gasteiger charge is 1.99. The number of rotatable bonds is 2. The highest BCUT2D eigenvalue weighted by molar-refractivity contribution is 8.13. The predicted octanol–water partition coefficient (Wildman–Crippen LogP) is 2.67. The van der Waals surface area contributed by atoms with Crippen LogP contribution in [-0.4, -0.2) is 23.3 Å². The van der Waals surface area contributed by atoms with Gasteiger partial charge in [0.25, 0.3) is 0 Å². The Labute approximate surface area is 87.4 Å². The van der Waals surface area contributed by atoms with Crippen molar-refractivity contribution in [3.63, 3.8) is 0 Å². The van der Waals surface area contributed by atoms with Crippen molar-refractivity contribution in [1.82, 2.24) is 4.98 Å². The molecule has 0 aliphatic rings. The van der Waals surface area contributed by atoms with Crippen molar-refractivity contribution in [1.29, 1.82) is 0 Å². The standard InChI is InChI=1S/C9H11ClN2S/c1-11-9(13-2)5-7-3-4-8(10)12-6-7/h3-4,6H,5H2,1-2H3/b11-9+. The molecule has 0 aliphatic heterocycles. The summed E-state index contributed by atoms with van der Waals surface area (Å²) >= 11 is 7.33. The Hall–Kier alpha value is -0.540. The summed E-state index contributed by atoms with van der Waals surface area (Å²) in [6.45, 7) is 0. The number of thioether (sulfide) groups is 1. The van der Waals surface area contributed by atoms with Crippen LogP contribution in [0.15, 0.2) is 23.3 Å². The minimum Gasteiger partial charge on any atom is -0.286 e. The highest BCUT2D eigenvalue weighted by Crippen LogP contribution is 2.09. The maximum Gasteiger partial charge on any atom is 0.129 e. The van der Waals surface area contributed by atoms with E-state index >= 15 is 0 Å². The van der Waals surface area contributed by atoms with Gasteiger partial charge in [0.15, 0.2) is 0 Å². The molecule has 13 heavy (non-hydrogen) atoms. The van der Waals surface area contributed by atoms with E-state index in [-0.39, 0.29) is 0 Å². The van der Waals surface area contributed by atoms with Crippen molar-refractivity contribution in [2.75, 3.05) is 13.3 Å². The van der Waals surface area contributed by atoms with E-state index in [0.717, 1.165) is 17.0 Å². The molecule has 0 saturated carbocycles. The van der Waals surface area contributed by atoms with Gasteiger partial charge in [-0.1, -0.05) is 17.7 Å². The molecule has 0 aliphatic carbocycles. The van der Waals surface area contributed by atoms with E-state index < -0.39 is 0 Å². The van der Waals surface area contributed by atoms with E-state index in [1.807, 2.05) is 12.3 Å². The first-order chi connectivity index (χ1) is 6.26. The van der Waals surface area contributed by atoms with Gasteiger partial charge in [0, 0.05) is 19.7 Å². The zero-order valence-electron chi connectivity index (χ0n) is 7.62. The average Bonchev–Trinajstić information content (AvgIpc) is 2.17. The summed E-state index contributed by atoms with van der Waals surface area (Å²) in [6.07, 6.45) is 4.64. The molecule has 0 unspecified atom stereocenters. The Morgan fingerprint density at radius 2 is 2.38 bits per heavy atom. The van der Waals surface area contributed by atoms with E-state index in [1.165, 1.54) is 0 Å². The number of pyridine rings is 1. The van der Waals surface area contributed by atoms with E-state index in [1.54, 1.807) is 31.1 Å². The average molecular weight is 215 g/mol. The predicted molar refractivity (Wildman–Crippen MR) is 59.8 cm³/mol. The molecule has 0 amide bonds. The van der Waals surface area contributed by atoms with Crippen LogP contribution in [0.4, 0.5) is 0 Å². The normalized spacial score (nSPS) is 11.8. The smallest absolute Gasteiger partial charge is 0.129 e. The van der Waals surface area contributed by atoms with Gasteiger partial charge in [0.1, 0.15) is 5.15 Å². The highest BCUT2D eigenvalue weighted by atomic mass is 35.5. The molecule has 0 spiro atoms. The lowest BCUT2D eigenvalue weighted by Crippen LogP contribution is -1.97. The SMILES string of the molecule is C/N=C(\Cc1ccc(Cl)nc1)SC. The minimum absolute atomic E-state index is 0.530. The number of nitrogens with zero attached hydrogens (tertiary/aromatic N) is 2. The molecule has 1 aromatic rings. The van der Waals surface area contributed by atoms with Crippen LogP contribution < -0.4 is 0 Å². The first kappa shape index (κ1) is 10.5. The van der Waals surface area contributed by atoms with Gasteiger partial charge in [0.05, 0.1) is 5.04 Å². The van der Waals surface area contributed by atoms with E-state index in [0.29, 0.717) is 5.15 Å². The van der Waals surface area contributed by atoms with Gasteiger partial charge in [-0.2, -0.15) is 0 Å². The fourth-order valence-electron chi connectivity index (χ4n) is 0.928. The third kappa shape index (κ3) is 3.36. The number of hydrogen-bond donors (Lipinski definition) is 0. The van der Waals surface area contributed by atoms with Crippen molar-refractivity contribution in [3.05, 3.63) is 29.0 Å². The molecule has 1 rings (SSSR count). The van der Waals surface area contributed by atoms with Crippen LogP contribution in [-0.2, 0) is 6.42 Å². The molecule has 1 heterocycles. The molecule has 1 aromatic heterocycles. The third-order valence-corrected chi connectivity index (χ3v) is 2.65. The van der Waals surface area contributed by atoms with Crippen LogP contribution in [0.2, 0.25) is 5.15 Å². The Bertz CT molecular complexity index is 295. The summed E-state index contributed by atoms with van der Waals surface area (Å²) in [4.78, 5) is 8.15. The zero-order valence-corrected chi connectivity index (χ0v) is 9.19. The summed E-state index contributed by atoms with van der Waals surface area (Å²) in [7, 11) is 1.80. The molecule has 4 heteroatoms. The van der Waals surface area contributed by atoms with E-state index in [4.69, 9.17) is 11.6 Å². The number of aliphatic imine (C=N–C) groups is 1. The molecule has 2 nitrogen and oxygen atoms in total. The van der Waals surface area contributed by atoms with Gasteiger partial charge < -0.3 is 0 Å². The maximum atomic E-state index is 5.67. The molecule has 70 valence electrons. The molecule has 0 atom stereocenters. The lowest BCUT2D eigenvalue weighted by Gasteiger charge is -2.01. The summed E-state index contributed by atoms with van der Waals surface area (Å²) in [5.41, 5.74) is 1.14. The zero-order chi connectivity index (χ0) is 9.68. The molecule has 0 aromatic carbocycles. The van der Waals surface area contributed by atoms with Gasteiger partial charge in [-0.3, -0.25) is 4.99 Å². The molecular weight excluding hydrogens is 204 g/mol. The van der Waals surface area contributed by atoms with Crippen LogP contribution in [0.3, 0.4) is 0 Å². The Morgan fingerprint density at radius 1 is 1.62 bits per heavy atom. The van der Waals surface area contributed by atoms with Crippen LogP contribution in [0.25, 0.3) is 0 Å². The van der Waals surface area contributed by atoms with Crippen molar-refractivity contribution in [3.8, 4) is 0 Å². The fraction of sp³-hybridized carbons (Fsp3) is 0.333. The van der Waals surface area contributed by atoms with Crippen LogP contribution in [0.5, 0.6) is 0 Å². The van der Waals surface area contributed by atoms with Crippen molar-refractivity contribution >= 4 is 28.4 Å². The van der Waals surface area contributed by atoms with Gasteiger partial charge >= 0.3 is 0 Å². The molecular formula is C9H11ClN2S. The number of hydrogen-bond acceptors (Lipinski definition) is 3. The first-order valence-corrected chi connectivity index (χ1v) is 5.46. The van der Waals surface area contributed by atoms with Crippen LogP contribution >= 0.6 is 23.4 Å². The minimum atomic E-state index is 0.530. The second kappa shape index (κ2) is 5.25. The van der Waals surface area contributed by atoms with Gasteiger partial charge in [-0.15, -0.1) is 11.8 Å². The Kier molecular flexibility index (Phi) is 4.25. The van der Waals surface area contributed by atoms with Crippen molar-refractivity contribution in [2.24, 2.45) is 4.99 Å². The molecule has 0 bridgehead atoms. The topological polar surface area (TPSA) is 25.2 Å². The second-order valence-electron chi connectivity index (χ2n) is 2.49. The number of aromatic nitrogens is 1. The third-order valence-electron chi connectivity index (χ3n) is 1.63. The van der Waals surface area contributed by atoms with Crippen LogP contribution in [0.1, 0.15) is 5.56 Å². The molecule has 0 radical (unpaired) electrons. The summed E-state index contributed by atoms with van der Waals surface area (Å²) in [5, 5.41) is 1.63. The van der Waals surface area contributed by atoms with Crippen LogP contribution in [0, 0.1) is 0 Å². The van der Waals surface area contributed by atoms with Gasteiger partial charge in [0.2, 0.25) is 0 Å². The quantitative estimate of drug-likeness (QED) is 0.430. The largest absolute Gasteiger partial charge is 0.286 e. The Morgan fingerprint density at radius 3 is 2.85 bits per heavy atom. The second-order valence-corrected chi connectivity index (χ2v) is 3.75. The maximum absolute atomic E-state index is 5.67. The lowest BCUT2D eigenvalue weighted by atomic mass is 10.2. The molecule has 0 fully saturated rings. The summed E-state index contributed by atoms with van der Waals surface area (Å²) in [5.74, 6) is 0. The van der Waals surface area contributed by atoms with Gasteiger partial charge in [-0.05, 0) is 17.9 Å². The summed E-state index contributed by atoms with van der Waals surface area (Å²) < 4.78 is 0. The summed E-state index contributed by atoms with van der Waals surface area (Å²) in [6, 6.07) is 3.77. The van der Waals surface area contributed by atoms with Crippen molar-refractivity contribution in [2.45, 2.75) is 6.42 Å². The monoisotopic (exact) mass is 214 g/mol. The Balaban J connectivity index is 2.69. The molecule has 0 saturated heterocycles. The van der Waals surface area contributed by atoms with E-state index in [9.17, 15) is 0 Å². The number of halogens is 1.